The molecule has 27 heavy (non-hydrogen) atoms. The highest BCUT2D eigenvalue weighted by atomic mass is 16.5. The highest BCUT2D eigenvalue weighted by molar-refractivity contribution is 6.21. The normalized spacial score (nSPS) is 23.4. The second-order valence-corrected chi connectivity index (χ2v) is 7.30. The third kappa shape index (κ3) is 3.70. The highest BCUT2D eigenvalue weighted by Gasteiger charge is 2.44. The second-order valence-electron chi connectivity index (χ2n) is 7.30. The zero-order chi connectivity index (χ0) is 19.6. The molecule has 6 nitrogen and oxygen atoms in total. The van der Waals surface area contributed by atoms with Gasteiger partial charge in [0.15, 0.2) is 17.3 Å². The summed E-state index contributed by atoms with van der Waals surface area (Å²) in [5.74, 6) is -0.738. The number of rotatable bonds is 6. The van der Waals surface area contributed by atoms with Crippen molar-refractivity contribution in [3.63, 3.8) is 0 Å². The van der Waals surface area contributed by atoms with E-state index in [-0.39, 0.29) is 42.0 Å². The van der Waals surface area contributed by atoms with E-state index in [0.717, 1.165) is 25.7 Å². The average molecular weight is 374 g/mol. The third-order valence-corrected chi connectivity index (χ3v) is 5.74. The SMILES string of the molecule is COc1cc(OC)c(C2CC(=O)C(C(=O)C3CCCC3)C(=O)C2)c(OC)c1. The van der Waals surface area contributed by atoms with E-state index >= 15 is 0 Å². The molecule has 0 aliphatic heterocycles. The quantitative estimate of drug-likeness (QED) is 0.712. The molecule has 6 heteroatoms. The minimum absolute atomic E-state index is 0.133. The predicted molar refractivity (Wildman–Crippen MR) is 98.5 cm³/mol. The van der Waals surface area contributed by atoms with Gasteiger partial charge in [-0.25, -0.2) is 0 Å². The van der Waals surface area contributed by atoms with Crippen molar-refractivity contribution >= 4 is 17.3 Å². The number of ketones is 3. The van der Waals surface area contributed by atoms with E-state index < -0.39 is 5.92 Å². The number of Topliss-reactive ketones (excluding diaryl/α,β-unsaturated/α-hetero) is 3. The van der Waals surface area contributed by atoms with Crippen LogP contribution in [0.15, 0.2) is 12.1 Å². The molecule has 146 valence electrons. The molecule has 0 bridgehead atoms. The molecular formula is C21H26O6. The fraction of sp³-hybridized carbons (Fsp3) is 0.571. The van der Waals surface area contributed by atoms with Crippen molar-refractivity contribution in [3.8, 4) is 17.2 Å². The van der Waals surface area contributed by atoms with Crippen molar-refractivity contribution in [1.82, 2.24) is 0 Å². The van der Waals surface area contributed by atoms with Gasteiger partial charge < -0.3 is 14.2 Å². The summed E-state index contributed by atoms with van der Waals surface area (Å²) < 4.78 is 16.2. The van der Waals surface area contributed by atoms with Crippen molar-refractivity contribution in [2.45, 2.75) is 44.4 Å². The number of benzene rings is 1. The molecule has 3 rings (SSSR count). The van der Waals surface area contributed by atoms with Crippen molar-refractivity contribution in [2.24, 2.45) is 11.8 Å². The smallest absolute Gasteiger partial charge is 0.153 e. The van der Waals surface area contributed by atoms with Crippen molar-refractivity contribution in [2.75, 3.05) is 21.3 Å². The molecule has 0 saturated heterocycles. The van der Waals surface area contributed by atoms with Gasteiger partial charge in [-0.3, -0.25) is 14.4 Å². The van der Waals surface area contributed by atoms with E-state index in [1.54, 1.807) is 19.2 Å². The van der Waals surface area contributed by atoms with E-state index in [0.29, 0.717) is 22.8 Å². The molecule has 1 aromatic rings. The van der Waals surface area contributed by atoms with Gasteiger partial charge >= 0.3 is 0 Å². The molecule has 2 fully saturated rings. The van der Waals surface area contributed by atoms with Gasteiger partial charge in [0.2, 0.25) is 0 Å². The van der Waals surface area contributed by atoms with E-state index in [1.807, 2.05) is 0 Å². The molecule has 2 aliphatic rings. The van der Waals surface area contributed by atoms with Gasteiger partial charge in [0.05, 0.1) is 21.3 Å². The van der Waals surface area contributed by atoms with Crippen LogP contribution in [0.5, 0.6) is 17.2 Å². The number of hydrogen-bond acceptors (Lipinski definition) is 6. The highest BCUT2D eigenvalue weighted by Crippen LogP contribution is 2.45. The largest absolute Gasteiger partial charge is 0.496 e. The van der Waals surface area contributed by atoms with E-state index in [4.69, 9.17) is 14.2 Å². The van der Waals surface area contributed by atoms with Gasteiger partial charge in [0.1, 0.15) is 23.2 Å². The van der Waals surface area contributed by atoms with Crippen LogP contribution >= 0.6 is 0 Å². The van der Waals surface area contributed by atoms with Crippen molar-refractivity contribution in [3.05, 3.63) is 17.7 Å². The maximum absolute atomic E-state index is 12.8. The van der Waals surface area contributed by atoms with Crippen LogP contribution < -0.4 is 14.2 Å². The first-order chi connectivity index (χ1) is 13.0. The topological polar surface area (TPSA) is 78.9 Å². The van der Waals surface area contributed by atoms with Crippen LogP contribution in [0.4, 0.5) is 0 Å². The van der Waals surface area contributed by atoms with Gasteiger partial charge in [-0.05, 0) is 12.8 Å². The fourth-order valence-electron chi connectivity index (χ4n) is 4.38. The minimum Gasteiger partial charge on any atom is -0.496 e. The lowest BCUT2D eigenvalue weighted by atomic mass is 9.73. The summed E-state index contributed by atoms with van der Waals surface area (Å²) in [7, 11) is 4.59. The Labute approximate surface area is 159 Å². The Bertz CT molecular complexity index is 704. The molecule has 2 aliphatic carbocycles. The Morgan fingerprint density at radius 1 is 0.889 bits per heavy atom. The molecule has 0 unspecified atom stereocenters. The number of methoxy groups -OCH3 is 3. The Morgan fingerprint density at radius 3 is 1.85 bits per heavy atom. The standard InChI is InChI=1S/C21H26O6/c1-25-14-10-17(26-2)19(18(11-14)27-3)13-8-15(22)20(16(23)9-13)21(24)12-6-4-5-7-12/h10-13,20H,4-9H2,1-3H3. The first-order valence-corrected chi connectivity index (χ1v) is 9.39. The zero-order valence-electron chi connectivity index (χ0n) is 16.1. The number of hydrogen-bond donors (Lipinski definition) is 0. The molecule has 0 radical (unpaired) electrons. The average Bonchev–Trinajstić information content (AvgIpc) is 3.20. The summed E-state index contributed by atoms with van der Waals surface area (Å²) >= 11 is 0. The van der Waals surface area contributed by atoms with E-state index in [9.17, 15) is 14.4 Å². The first kappa shape index (κ1) is 19.4. The summed E-state index contributed by atoms with van der Waals surface area (Å²) in [5, 5.41) is 0. The van der Waals surface area contributed by atoms with Gasteiger partial charge in [0, 0.05) is 42.4 Å². The summed E-state index contributed by atoms with van der Waals surface area (Å²) in [6.45, 7) is 0. The first-order valence-electron chi connectivity index (χ1n) is 9.39. The van der Waals surface area contributed by atoms with Gasteiger partial charge in [-0.15, -0.1) is 0 Å². The molecule has 0 heterocycles. The molecule has 0 N–H and O–H groups in total. The van der Waals surface area contributed by atoms with Gasteiger partial charge in [0.25, 0.3) is 0 Å². The van der Waals surface area contributed by atoms with Crippen LogP contribution in [0.1, 0.15) is 50.0 Å². The van der Waals surface area contributed by atoms with Crippen LogP contribution in [-0.4, -0.2) is 38.7 Å². The van der Waals surface area contributed by atoms with Crippen LogP contribution in [0.2, 0.25) is 0 Å². The number of carbonyl (C=O) groups excluding carboxylic acids is 3. The Morgan fingerprint density at radius 2 is 1.41 bits per heavy atom. The van der Waals surface area contributed by atoms with Crippen molar-refractivity contribution in [1.29, 1.82) is 0 Å². The molecular weight excluding hydrogens is 348 g/mol. The zero-order valence-corrected chi connectivity index (χ0v) is 16.1. The predicted octanol–water partition coefficient (Wildman–Crippen LogP) is 3.10. The fourth-order valence-corrected chi connectivity index (χ4v) is 4.38. The lowest BCUT2D eigenvalue weighted by Gasteiger charge is -2.29. The summed E-state index contributed by atoms with van der Waals surface area (Å²) in [6.07, 6.45) is 3.84. The van der Waals surface area contributed by atoms with Gasteiger partial charge in [-0.2, -0.15) is 0 Å². The van der Waals surface area contributed by atoms with E-state index in [1.165, 1.54) is 14.2 Å². The van der Waals surface area contributed by atoms with E-state index in [2.05, 4.69) is 0 Å². The Hall–Kier alpha value is -2.37. The maximum atomic E-state index is 12.8. The molecule has 0 aromatic heterocycles. The third-order valence-electron chi connectivity index (χ3n) is 5.74. The monoisotopic (exact) mass is 374 g/mol. The molecule has 2 saturated carbocycles. The minimum atomic E-state index is -1.08. The van der Waals surface area contributed by atoms with Crippen LogP contribution in [0, 0.1) is 11.8 Å². The lowest BCUT2D eigenvalue weighted by molar-refractivity contribution is -0.144. The van der Waals surface area contributed by atoms with Crippen LogP contribution in [0.25, 0.3) is 0 Å². The molecule has 0 atom stereocenters. The lowest BCUT2D eigenvalue weighted by Crippen LogP contribution is -2.40. The summed E-state index contributed by atoms with van der Waals surface area (Å²) in [5.41, 5.74) is 0.675. The van der Waals surface area contributed by atoms with Gasteiger partial charge in [-0.1, -0.05) is 12.8 Å². The second kappa shape index (κ2) is 8.11. The maximum Gasteiger partial charge on any atom is 0.153 e. The molecule has 0 spiro atoms. The Kier molecular flexibility index (Phi) is 5.82. The number of ether oxygens (including phenoxy) is 3. The number of carbonyl (C=O) groups is 3. The van der Waals surface area contributed by atoms with Crippen LogP contribution in [-0.2, 0) is 14.4 Å². The molecule has 0 amide bonds. The molecule has 1 aromatic carbocycles. The van der Waals surface area contributed by atoms with Crippen LogP contribution in [0.3, 0.4) is 0 Å². The summed E-state index contributed by atoms with van der Waals surface area (Å²) in [6, 6.07) is 3.42. The summed E-state index contributed by atoms with van der Waals surface area (Å²) in [4.78, 5) is 38.2. The Balaban J connectivity index is 1.88. The van der Waals surface area contributed by atoms with Crippen molar-refractivity contribution < 1.29 is 28.6 Å².